The number of hydrogen-bond acceptors (Lipinski definition) is 3. The Balaban J connectivity index is 2.21. The third kappa shape index (κ3) is 2.28. The van der Waals surface area contributed by atoms with Gasteiger partial charge in [0.2, 0.25) is 0 Å². The van der Waals surface area contributed by atoms with E-state index in [1.807, 2.05) is 6.92 Å². The predicted molar refractivity (Wildman–Crippen MR) is 65.6 cm³/mol. The van der Waals surface area contributed by atoms with Crippen LogP contribution in [0.3, 0.4) is 0 Å². The van der Waals surface area contributed by atoms with Crippen molar-refractivity contribution in [2.45, 2.75) is 45.2 Å². The van der Waals surface area contributed by atoms with Gasteiger partial charge in [0, 0.05) is 5.92 Å². The fraction of sp³-hybridized carbons (Fsp3) is 0.571. The Labute approximate surface area is 106 Å². The highest BCUT2D eigenvalue weighted by atomic mass is 19.1. The zero-order valence-electron chi connectivity index (χ0n) is 10.8. The Bertz CT molecular complexity index is 435. The Hall–Kier alpha value is -0.970. The molecule has 0 bridgehead atoms. The maximum Gasteiger partial charge on any atom is 0.126 e. The third-order valence-electron chi connectivity index (χ3n) is 3.76. The van der Waals surface area contributed by atoms with E-state index in [2.05, 4.69) is 0 Å². The fourth-order valence-electron chi connectivity index (χ4n) is 2.42. The number of aryl methyl sites for hydroxylation is 1. The molecule has 100 valence electrons. The van der Waals surface area contributed by atoms with Gasteiger partial charge in [-0.3, -0.25) is 0 Å². The highest BCUT2D eigenvalue weighted by Gasteiger charge is 2.42. The lowest BCUT2D eigenvalue weighted by Gasteiger charge is -2.22. The molecule has 1 aromatic carbocycles. The Morgan fingerprint density at radius 2 is 2.00 bits per heavy atom. The molecule has 1 aromatic rings. The minimum atomic E-state index is -0.922. The standard InChI is InChI=1S/C14H19FO3/c1-7-4-5-10(6-11(7)15)13(17)14-8(2)12(16)9(3)18-14/h4-6,8-9,12-14,16-17H,1-3H3. The normalized spacial score (nSPS) is 33.7. The van der Waals surface area contributed by atoms with E-state index < -0.39 is 18.3 Å². The van der Waals surface area contributed by atoms with E-state index in [1.54, 1.807) is 26.0 Å². The summed E-state index contributed by atoms with van der Waals surface area (Å²) in [5.41, 5.74) is 1.02. The zero-order chi connectivity index (χ0) is 13.4. The molecule has 0 aromatic heterocycles. The second-order valence-electron chi connectivity index (χ2n) is 5.11. The van der Waals surface area contributed by atoms with Crippen LogP contribution in [-0.2, 0) is 4.74 Å². The van der Waals surface area contributed by atoms with Crippen LogP contribution < -0.4 is 0 Å². The molecular formula is C14H19FO3. The van der Waals surface area contributed by atoms with Crippen molar-refractivity contribution in [3.8, 4) is 0 Å². The molecule has 5 atom stereocenters. The van der Waals surface area contributed by atoms with Gasteiger partial charge in [-0.05, 0) is 31.0 Å². The summed E-state index contributed by atoms with van der Waals surface area (Å²) in [5, 5.41) is 20.1. The lowest BCUT2D eigenvalue weighted by molar-refractivity contribution is -0.0445. The zero-order valence-corrected chi connectivity index (χ0v) is 10.8. The van der Waals surface area contributed by atoms with Crippen LogP contribution in [0.15, 0.2) is 18.2 Å². The minimum absolute atomic E-state index is 0.181. The van der Waals surface area contributed by atoms with Crippen molar-refractivity contribution in [3.05, 3.63) is 35.1 Å². The minimum Gasteiger partial charge on any atom is -0.390 e. The van der Waals surface area contributed by atoms with Gasteiger partial charge >= 0.3 is 0 Å². The van der Waals surface area contributed by atoms with Crippen molar-refractivity contribution < 1.29 is 19.3 Å². The first-order chi connectivity index (χ1) is 8.41. The molecule has 1 aliphatic heterocycles. The van der Waals surface area contributed by atoms with E-state index >= 15 is 0 Å². The lowest BCUT2D eigenvalue weighted by Crippen LogP contribution is -2.27. The SMILES string of the molecule is Cc1ccc(C(O)C2OC(C)C(O)C2C)cc1F. The van der Waals surface area contributed by atoms with E-state index in [0.717, 1.165) is 0 Å². The molecule has 0 spiro atoms. The summed E-state index contributed by atoms with van der Waals surface area (Å²) in [6.07, 6.45) is -2.33. The van der Waals surface area contributed by atoms with E-state index in [0.29, 0.717) is 11.1 Å². The number of rotatable bonds is 2. The van der Waals surface area contributed by atoms with Gasteiger partial charge in [0.1, 0.15) is 11.9 Å². The van der Waals surface area contributed by atoms with Gasteiger partial charge in [0.25, 0.3) is 0 Å². The van der Waals surface area contributed by atoms with Crippen LogP contribution in [0.1, 0.15) is 31.1 Å². The summed E-state index contributed by atoms with van der Waals surface area (Å²) in [6.45, 7) is 5.27. The number of aliphatic hydroxyl groups excluding tert-OH is 2. The maximum atomic E-state index is 13.5. The van der Waals surface area contributed by atoms with E-state index in [1.165, 1.54) is 6.07 Å². The highest BCUT2D eigenvalue weighted by molar-refractivity contribution is 5.26. The maximum absolute atomic E-state index is 13.5. The Morgan fingerprint density at radius 3 is 2.50 bits per heavy atom. The number of aliphatic hydroxyl groups is 2. The van der Waals surface area contributed by atoms with Crippen molar-refractivity contribution >= 4 is 0 Å². The summed E-state index contributed by atoms with van der Waals surface area (Å²) in [7, 11) is 0. The first-order valence-electron chi connectivity index (χ1n) is 6.19. The van der Waals surface area contributed by atoms with Gasteiger partial charge in [0.15, 0.2) is 0 Å². The topological polar surface area (TPSA) is 49.7 Å². The van der Waals surface area contributed by atoms with Gasteiger partial charge in [-0.1, -0.05) is 19.1 Å². The number of hydrogen-bond donors (Lipinski definition) is 2. The van der Waals surface area contributed by atoms with Gasteiger partial charge < -0.3 is 14.9 Å². The van der Waals surface area contributed by atoms with Crippen molar-refractivity contribution in [3.63, 3.8) is 0 Å². The molecule has 4 heteroatoms. The summed E-state index contributed by atoms with van der Waals surface area (Å²) in [6, 6.07) is 4.65. The van der Waals surface area contributed by atoms with Crippen molar-refractivity contribution in [1.29, 1.82) is 0 Å². The van der Waals surface area contributed by atoms with Gasteiger partial charge in [0.05, 0.1) is 18.3 Å². The summed E-state index contributed by atoms with van der Waals surface area (Å²) in [5.74, 6) is -0.523. The molecule has 18 heavy (non-hydrogen) atoms. The second-order valence-corrected chi connectivity index (χ2v) is 5.11. The average molecular weight is 254 g/mol. The van der Waals surface area contributed by atoms with Crippen LogP contribution in [0, 0.1) is 18.7 Å². The smallest absolute Gasteiger partial charge is 0.126 e. The van der Waals surface area contributed by atoms with Gasteiger partial charge in [-0.25, -0.2) is 4.39 Å². The molecule has 1 aliphatic rings. The van der Waals surface area contributed by atoms with Crippen molar-refractivity contribution in [2.75, 3.05) is 0 Å². The van der Waals surface area contributed by atoms with Crippen molar-refractivity contribution in [1.82, 2.24) is 0 Å². The number of benzene rings is 1. The van der Waals surface area contributed by atoms with Crippen LogP contribution in [0.5, 0.6) is 0 Å². The first-order valence-corrected chi connectivity index (χ1v) is 6.19. The Morgan fingerprint density at radius 1 is 1.33 bits per heavy atom. The molecule has 2 rings (SSSR count). The van der Waals surface area contributed by atoms with Crippen LogP contribution in [0.25, 0.3) is 0 Å². The summed E-state index contributed by atoms with van der Waals surface area (Å²) < 4.78 is 19.0. The molecule has 0 aliphatic carbocycles. The van der Waals surface area contributed by atoms with Gasteiger partial charge in [-0.15, -0.1) is 0 Å². The number of halogens is 1. The van der Waals surface area contributed by atoms with E-state index in [4.69, 9.17) is 4.74 Å². The lowest BCUT2D eigenvalue weighted by atomic mass is 9.92. The third-order valence-corrected chi connectivity index (χ3v) is 3.76. The molecule has 5 unspecified atom stereocenters. The van der Waals surface area contributed by atoms with Crippen LogP contribution in [0.4, 0.5) is 4.39 Å². The van der Waals surface area contributed by atoms with Crippen LogP contribution in [-0.4, -0.2) is 28.5 Å². The summed E-state index contributed by atoms with van der Waals surface area (Å²) in [4.78, 5) is 0. The van der Waals surface area contributed by atoms with Crippen LogP contribution in [0.2, 0.25) is 0 Å². The van der Waals surface area contributed by atoms with Crippen LogP contribution >= 0.6 is 0 Å². The molecule has 1 saturated heterocycles. The van der Waals surface area contributed by atoms with Gasteiger partial charge in [-0.2, -0.15) is 0 Å². The number of ether oxygens (including phenoxy) is 1. The van der Waals surface area contributed by atoms with E-state index in [9.17, 15) is 14.6 Å². The highest BCUT2D eigenvalue weighted by Crippen LogP contribution is 2.35. The second kappa shape index (κ2) is 4.96. The molecule has 1 heterocycles. The average Bonchev–Trinajstić information content (AvgIpc) is 2.60. The van der Waals surface area contributed by atoms with Crippen molar-refractivity contribution in [2.24, 2.45) is 5.92 Å². The molecule has 0 radical (unpaired) electrons. The molecular weight excluding hydrogens is 235 g/mol. The fourth-order valence-corrected chi connectivity index (χ4v) is 2.42. The molecule has 0 amide bonds. The quantitative estimate of drug-likeness (QED) is 0.848. The predicted octanol–water partition coefficient (Wildman–Crippen LogP) is 1.95. The monoisotopic (exact) mass is 254 g/mol. The summed E-state index contributed by atoms with van der Waals surface area (Å²) >= 11 is 0. The molecule has 0 saturated carbocycles. The molecule has 1 fully saturated rings. The largest absolute Gasteiger partial charge is 0.390 e. The van der Waals surface area contributed by atoms with E-state index in [-0.39, 0.29) is 17.8 Å². The Kier molecular flexibility index (Phi) is 3.71. The molecule has 3 nitrogen and oxygen atoms in total. The first kappa shape index (κ1) is 13.5. The molecule has 2 N–H and O–H groups in total.